The van der Waals surface area contributed by atoms with Gasteiger partial charge in [-0.1, -0.05) is 73.7 Å². The van der Waals surface area contributed by atoms with Gasteiger partial charge >= 0.3 is 17.6 Å². The zero-order chi connectivity index (χ0) is 36.4. The van der Waals surface area contributed by atoms with E-state index in [9.17, 15) is 33.3 Å². The predicted molar refractivity (Wildman–Crippen MR) is 176 cm³/mol. The van der Waals surface area contributed by atoms with Crippen LogP contribution in [0.2, 0.25) is 0 Å². The largest absolute Gasteiger partial charge is 0.756 e. The fraction of sp³-hybridized carbons (Fsp3) is 0.273. The highest BCUT2D eigenvalue weighted by Crippen LogP contribution is 2.56. The van der Waals surface area contributed by atoms with Crippen molar-refractivity contribution >= 4 is 33.4 Å². The second-order valence-electron chi connectivity index (χ2n) is 11.0. The van der Waals surface area contributed by atoms with Crippen LogP contribution in [-0.2, 0) is 43.3 Å². The summed E-state index contributed by atoms with van der Waals surface area (Å²) in [5.41, 5.74) is -0.244. The van der Waals surface area contributed by atoms with E-state index >= 15 is 0 Å². The number of ether oxygens (including phenoxy) is 3. The molecule has 3 aromatic carbocycles. The Bertz CT molecular complexity index is 1930. The molecule has 0 bridgehead atoms. The quantitative estimate of drug-likeness (QED) is 0.128. The maximum absolute atomic E-state index is 13.3. The number of carbonyl (C=O) groups is 2. The van der Waals surface area contributed by atoms with E-state index in [2.05, 4.69) is 19.1 Å². The summed E-state index contributed by atoms with van der Waals surface area (Å²) in [7, 11) is -11.2. The molecule has 1 aliphatic rings. The monoisotopic (exact) mass is 741 g/mol. The van der Waals surface area contributed by atoms with Crippen molar-refractivity contribution in [3.8, 4) is 0 Å². The first-order valence-corrected chi connectivity index (χ1v) is 18.5. The zero-order valence-corrected chi connectivity index (χ0v) is 28.8. The maximum Gasteiger partial charge on any atom is 0.351 e. The minimum atomic E-state index is -5.69. The zero-order valence-electron chi connectivity index (χ0n) is 27.0. The van der Waals surface area contributed by atoms with Gasteiger partial charge in [0.15, 0.2) is 18.4 Å². The number of carbonyl (C=O) groups excluding carboxylic acids is 2. The van der Waals surface area contributed by atoms with Crippen molar-refractivity contribution in [1.29, 1.82) is 0 Å². The molecule has 16 nitrogen and oxygen atoms in total. The highest BCUT2D eigenvalue weighted by molar-refractivity contribution is 7.59. The Balaban J connectivity index is 1.43. The average Bonchev–Trinajstić information content (AvgIpc) is 3.45. The third-order valence-corrected chi connectivity index (χ3v) is 9.79. The molecule has 1 aliphatic heterocycles. The number of rotatable bonds is 16. The average molecular weight is 742 g/mol. The van der Waals surface area contributed by atoms with Crippen LogP contribution in [-0.4, -0.2) is 53.0 Å². The first-order valence-electron chi connectivity index (χ1n) is 15.6. The van der Waals surface area contributed by atoms with E-state index in [0.717, 1.165) is 11.0 Å². The fourth-order valence-electron chi connectivity index (χ4n) is 4.89. The highest BCUT2D eigenvalue weighted by atomic mass is 31.3. The minimum Gasteiger partial charge on any atom is -0.756 e. The van der Waals surface area contributed by atoms with Crippen LogP contribution in [0.15, 0.2) is 108 Å². The lowest BCUT2D eigenvalue weighted by Crippen LogP contribution is -2.42. The topological polar surface area (TPSA) is 217 Å². The smallest absolute Gasteiger partial charge is 0.351 e. The molecule has 0 radical (unpaired) electrons. The van der Waals surface area contributed by atoms with Gasteiger partial charge in [0, 0.05) is 12.7 Å². The molecule has 18 heteroatoms. The molecule has 1 saturated heterocycles. The summed E-state index contributed by atoms with van der Waals surface area (Å²) in [5, 5.41) is 2.98. The van der Waals surface area contributed by atoms with Crippen molar-refractivity contribution in [3.63, 3.8) is 0 Å². The summed E-state index contributed by atoms with van der Waals surface area (Å²) >= 11 is 0. The van der Waals surface area contributed by atoms with Gasteiger partial charge < -0.3 is 38.4 Å². The fourth-order valence-corrected chi connectivity index (χ4v) is 6.88. The van der Waals surface area contributed by atoms with E-state index in [-0.39, 0.29) is 16.9 Å². The lowest BCUT2D eigenvalue weighted by Gasteiger charge is -2.31. The number of hydrogen-bond acceptors (Lipinski definition) is 15. The molecule has 1 N–H and O–H groups in total. The van der Waals surface area contributed by atoms with Gasteiger partial charge in [0.1, 0.15) is 11.9 Å². The number of phosphoric acid groups is 2. The molecule has 6 atom stereocenters. The number of hydrogen-bond donors (Lipinski definition) is 1. The van der Waals surface area contributed by atoms with Crippen LogP contribution in [0.25, 0.3) is 0 Å². The lowest BCUT2D eigenvalue weighted by atomic mass is 10.1. The maximum atomic E-state index is 13.3. The summed E-state index contributed by atoms with van der Waals surface area (Å²) in [6, 6.07) is 25.0. The Morgan fingerprint density at radius 2 is 1.37 bits per heavy atom. The molecule has 1 fully saturated rings. The van der Waals surface area contributed by atoms with E-state index in [1.165, 1.54) is 36.5 Å². The van der Waals surface area contributed by atoms with Crippen LogP contribution in [0.3, 0.4) is 0 Å². The molecule has 2 heterocycles. The molecule has 0 amide bonds. The first kappa shape index (κ1) is 37.7. The third-order valence-electron chi connectivity index (χ3n) is 7.28. The third kappa shape index (κ3) is 10.5. The molecule has 4 aromatic rings. The van der Waals surface area contributed by atoms with Gasteiger partial charge in [0.05, 0.1) is 24.3 Å². The Morgan fingerprint density at radius 1 is 0.824 bits per heavy atom. The van der Waals surface area contributed by atoms with Crippen molar-refractivity contribution in [2.45, 2.75) is 44.5 Å². The standard InChI is InChI=1S/C33H35N3O13P2/c1-2-19-34-27-18-20-36(33(39)35-27)30-29(48-32(38)25-16-10-5-11-17-25)28(47-31(37)24-14-8-4-9-15-24)26(46-30)22-45-51(42,43)49-50(40,41)44-21-23-12-6-3-7-13-23/h3-18,20,26,28-30H,2,19,21-22H2,1H3,(H,40,41)(H,42,43)(H,34,35,39)/p-2/t26-,28+,29?,30-/m1/s1. The Kier molecular flexibility index (Phi) is 12.7. The Morgan fingerprint density at radius 3 is 1.94 bits per heavy atom. The van der Waals surface area contributed by atoms with Gasteiger partial charge in [-0.05, 0) is 42.3 Å². The molecular weight excluding hydrogens is 708 g/mol. The van der Waals surface area contributed by atoms with E-state index in [4.69, 9.17) is 18.7 Å². The second kappa shape index (κ2) is 17.1. The van der Waals surface area contributed by atoms with Crippen molar-refractivity contribution < 1.29 is 56.1 Å². The number of aromatic nitrogens is 2. The Hall–Kier alpha value is -4.50. The van der Waals surface area contributed by atoms with Gasteiger partial charge in [-0.3, -0.25) is 13.7 Å². The number of benzene rings is 3. The van der Waals surface area contributed by atoms with E-state index < -0.39 is 71.0 Å². The summed E-state index contributed by atoms with van der Waals surface area (Å²) in [6.07, 6.45) is -4.26. The predicted octanol–water partition coefficient (Wildman–Crippen LogP) is 3.60. The van der Waals surface area contributed by atoms with Crippen molar-refractivity contribution in [2.75, 3.05) is 18.5 Å². The van der Waals surface area contributed by atoms with Crippen molar-refractivity contribution in [2.24, 2.45) is 0 Å². The number of phosphoric ester groups is 2. The van der Waals surface area contributed by atoms with Crippen LogP contribution in [0, 0.1) is 0 Å². The van der Waals surface area contributed by atoms with Gasteiger partial charge in [-0.25, -0.2) is 18.7 Å². The van der Waals surface area contributed by atoms with Gasteiger partial charge in [0.2, 0.25) is 0 Å². The number of nitrogens with one attached hydrogen (secondary N) is 1. The summed E-state index contributed by atoms with van der Waals surface area (Å²) in [6.45, 7) is 0.914. The van der Waals surface area contributed by atoms with Crippen LogP contribution in [0.5, 0.6) is 0 Å². The van der Waals surface area contributed by atoms with Crippen LogP contribution < -0.4 is 20.8 Å². The van der Waals surface area contributed by atoms with Crippen LogP contribution >= 0.6 is 15.6 Å². The van der Waals surface area contributed by atoms with E-state index in [1.54, 1.807) is 66.7 Å². The molecule has 0 aliphatic carbocycles. The highest BCUT2D eigenvalue weighted by Gasteiger charge is 2.51. The first-order chi connectivity index (χ1) is 24.4. The molecule has 3 unspecified atom stereocenters. The molecule has 270 valence electrons. The van der Waals surface area contributed by atoms with Crippen molar-refractivity contribution in [1.82, 2.24) is 9.55 Å². The lowest BCUT2D eigenvalue weighted by molar-refractivity contribution is -0.246. The van der Waals surface area contributed by atoms with Crippen molar-refractivity contribution in [3.05, 3.63) is 130 Å². The summed E-state index contributed by atoms with van der Waals surface area (Å²) in [5.74, 6) is -1.55. The van der Waals surface area contributed by atoms with Crippen LogP contribution in [0.1, 0.15) is 45.9 Å². The Labute approximate surface area is 292 Å². The van der Waals surface area contributed by atoms with Gasteiger partial charge in [0.25, 0.3) is 15.6 Å². The SMILES string of the molecule is CCCNc1ccn([C@@H]2O[C@H](COP(=O)([O-])OP(=O)([O-])OCc3ccccc3)[C@H](OC(=O)c3ccccc3)C2OC(=O)c2ccccc2)c(=O)n1. The summed E-state index contributed by atoms with van der Waals surface area (Å²) < 4.78 is 57.5. The molecule has 51 heavy (non-hydrogen) atoms. The number of anilines is 1. The molecule has 0 spiro atoms. The number of nitrogens with zero attached hydrogens (tertiary/aromatic N) is 2. The second-order valence-corrected chi connectivity index (χ2v) is 14.0. The van der Waals surface area contributed by atoms with Gasteiger partial charge in [-0.2, -0.15) is 4.98 Å². The van der Waals surface area contributed by atoms with E-state index in [1.807, 2.05) is 6.92 Å². The number of esters is 2. The van der Waals surface area contributed by atoms with Gasteiger partial charge in [-0.15, -0.1) is 0 Å². The van der Waals surface area contributed by atoms with E-state index in [0.29, 0.717) is 12.1 Å². The molecular formula is C33H33N3O13P2-2. The molecule has 1 aromatic heterocycles. The minimum absolute atomic E-state index is 0.0830. The normalized spacial score (nSPS) is 20.8. The van der Waals surface area contributed by atoms with Crippen LogP contribution in [0.4, 0.5) is 5.82 Å². The molecule has 5 rings (SSSR count). The molecule has 0 saturated carbocycles. The summed E-state index contributed by atoms with van der Waals surface area (Å²) in [4.78, 5) is 69.0.